The largest absolute Gasteiger partial charge is 0.396 e. The van der Waals surface area contributed by atoms with Crippen molar-refractivity contribution in [3.8, 4) is 0 Å². The van der Waals surface area contributed by atoms with Gasteiger partial charge in [0.1, 0.15) is 0 Å². The molecule has 16 heavy (non-hydrogen) atoms. The van der Waals surface area contributed by atoms with Crippen LogP contribution in [0.2, 0.25) is 0 Å². The second-order valence-corrected chi connectivity index (χ2v) is 4.36. The van der Waals surface area contributed by atoms with Crippen molar-refractivity contribution in [2.45, 2.75) is 34.1 Å². The molecule has 0 fully saturated rings. The Morgan fingerprint density at radius 2 is 1.50 bits per heavy atom. The summed E-state index contributed by atoms with van der Waals surface area (Å²) < 4.78 is 0. The normalized spacial score (nSPS) is 19.6. The molecule has 3 nitrogen and oxygen atoms in total. The van der Waals surface area contributed by atoms with E-state index in [4.69, 9.17) is 5.11 Å². The predicted octanol–water partition coefficient (Wildman–Crippen LogP) is 1.81. The quantitative estimate of drug-likeness (QED) is 0.741. The summed E-state index contributed by atoms with van der Waals surface area (Å²) in [5.74, 6) is -0.156. The van der Waals surface area contributed by atoms with Gasteiger partial charge in [-0.1, -0.05) is 6.92 Å². The number of rotatable bonds is 3. The van der Waals surface area contributed by atoms with E-state index in [0.717, 1.165) is 0 Å². The fourth-order valence-corrected chi connectivity index (χ4v) is 2.05. The summed E-state index contributed by atoms with van der Waals surface area (Å²) in [6.07, 6.45) is 0.512. The van der Waals surface area contributed by atoms with Gasteiger partial charge in [0.2, 0.25) is 0 Å². The minimum Gasteiger partial charge on any atom is -0.396 e. The third-order valence-corrected chi connectivity index (χ3v) is 3.29. The summed E-state index contributed by atoms with van der Waals surface area (Å²) in [4.78, 5) is 23.9. The van der Waals surface area contributed by atoms with Crippen molar-refractivity contribution in [2.75, 3.05) is 6.61 Å². The fourth-order valence-electron chi connectivity index (χ4n) is 2.05. The maximum atomic E-state index is 12.1. The van der Waals surface area contributed by atoms with Crippen LogP contribution in [0.1, 0.15) is 34.1 Å². The Kier molecular flexibility index (Phi) is 3.81. The Hall–Kier alpha value is -1.22. The van der Waals surface area contributed by atoms with E-state index in [1.165, 1.54) is 0 Å². The number of hydrogen-bond acceptors (Lipinski definition) is 3. The van der Waals surface area contributed by atoms with E-state index >= 15 is 0 Å². The van der Waals surface area contributed by atoms with Crippen LogP contribution in [0.25, 0.3) is 0 Å². The SMILES string of the molecule is CC1=C(C)C(=O)C(C(C)CCO)=C(C)C1=O. The molecule has 0 spiro atoms. The summed E-state index contributed by atoms with van der Waals surface area (Å²) in [5.41, 5.74) is 2.19. The van der Waals surface area contributed by atoms with Gasteiger partial charge in [-0.3, -0.25) is 9.59 Å². The summed E-state index contributed by atoms with van der Waals surface area (Å²) >= 11 is 0. The standard InChI is InChI=1S/C13H18O3/c1-7(5-6-14)11-10(4)12(15)8(2)9(3)13(11)16/h7,14H,5-6H2,1-4H3. The van der Waals surface area contributed by atoms with Gasteiger partial charge in [-0.25, -0.2) is 0 Å². The molecule has 0 bridgehead atoms. The third-order valence-electron chi connectivity index (χ3n) is 3.29. The van der Waals surface area contributed by atoms with Gasteiger partial charge >= 0.3 is 0 Å². The van der Waals surface area contributed by atoms with Crippen LogP contribution in [-0.2, 0) is 9.59 Å². The van der Waals surface area contributed by atoms with E-state index in [-0.39, 0.29) is 24.1 Å². The van der Waals surface area contributed by atoms with E-state index < -0.39 is 0 Å². The lowest BCUT2D eigenvalue weighted by atomic mass is 9.80. The van der Waals surface area contributed by atoms with Crippen LogP contribution < -0.4 is 0 Å². The van der Waals surface area contributed by atoms with Crippen LogP contribution in [-0.4, -0.2) is 23.3 Å². The zero-order chi connectivity index (χ0) is 12.5. The molecule has 1 unspecified atom stereocenters. The molecule has 0 saturated heterocycles. The molecule has 1 rings (SSSR count). The molecule has 88 valence electrons. The zero-order valence-electron chi connectivity index (χ0n) is 10.3. The highest BCUT2D eigenvalue weighted by Gasteiger charge is 2.30. The molecule has 0 aromatic carbocycles. The highest BCUT2D eigenvalue weighted by atomic mass is 16.3. The zero-order valence-corrected chi connectivity index (χ0v) is 10.3. The molecule has 1 aliphatic rings. The van der Waals surface area contributed by atoms with E-state index in [0.29, 0.717) is 28.7 Å². The Bertz CT molecular complexity index is 399. The smallest absolute Gasteiger partial charge is 0.185 e. The van der Waals surface area contributed by atoms with Crippen LogP contribution in [0, 0.1) is 5.92 Å². The first-order chi connectivity index (χ1) is 7.41. The monoisotopic (exact) mass is 222 g/mol. The Labute approximate surface area is 95.9 Å². The van der Waals surface area contributed by atoms with Crippen molar-refractivity contribution < 1.29 is 14.7 Å². The lowest BCUT2D eigenvalue weighted by Gasteiger charge is -2.22. The molecule has 1 N–H and O–H groups in total. The first kappa shape index (κ1) is 12.8. The number of carbonyl (C=O) groups is 2. The van der Waals surface area contributed by atoms with Gasteiger partial charge in [0, 0.05) is 28.9 Å². The van der Waals surface area contributed by atoms with Gasteiger partial charge in [-0.2, -0.15) is 0 Å². The number of ketones is 2. The molecule has 3 heteroatoms. The minimum atomic E-state index is -0.0653. The Morgan fingerprint density at radius 3 is 2.00 bits per heavy atom. The summed E-state index contributed by atoms with van der Waals surface area (Å²) in [6, 6.07) is 0. The molecule has 0 aromatic heterocycles. The topological polar surface area (TPSA) is 54.4 Å². The molecule has 1 atom stereocenters. The van der Waals surface area contributed by atoms with Crippen molar-refractivity contribution in [2.24, 2.45) is 5.92 Å². The first-order valence-corrected chi connectivity index (χ1v) is 5.50. The van der Waals surface area contributed by atoms with Crippen LogP contribution in [0.4, 0.5) is 0 Å². The molecular weight excluding hydrogens is 204 g/mol. The average Bonchev–Trinajstić information content (AvgIpc) is 2.24. The van der Waals surface area contributed by atoms with E-state index in [2.05, 4.69) is 0 Å². The van der Waals surface area contributed by atoms with E-state index in [9.17, 15) is 9.59 Å². The van der Waals surface area contributed by atoms with Crippen LogP contribution >= 0.6 is 0 Å². The van der Waals surface area contributed by atoms with Crippen molar-refractivity contribution in [1.82, 2.24) is 0 Å². The van der Waals surface area contributed by atoms with Gasteiger partial charge in [-0.05, 0) is 33.1 Å². The molecule has 0 heterocycles. The van der Waals surface area contributed by atoms with Gasteiger partial charge in [0.15, 0.2) is 11.6 Å². The second-order valence-electron chi connectivity index (χ2n) is 4.36. The van der Waals surface area contributed by atoms with Crippen LogP contribution in [0.3, 0.4) is 0 Å². The van der Waals surface area contributed by atoms with Gasteiger partial charge in [0.05, 0.1) is 0 Å². The van der Waals surface area contributed by atoms with Crippen LogP contribution in [0.15, 0.2) is 22.3 Å². The summed E-state index contributed by atoms with van der Waals surface area (Å²) in [5, 5.41) is 8.89. The number of aliphatic hydroxyl groups is 1. The molecule has 1 aliphatic carbocycles. The number of allylic oxidation sites excluding steroid dienone is 4. The minimum absolute atomic E-state index is 0.0289. The predicted molar refractivity (Wildman–Crippen MR) is 62.0 cm³/mol. The van der Waals surface area contributed by atoms with Crippen molar-refractivity contribution in [3.05, 3.63) is 22.3 Å². The number of aliphatic hydroxyl groups excluding tert-OH is 1. The number of carbonyl (C=O) groups excluding carboxylic acids is 2. The van der Waals surface area contributed by atoms with Crippen molar-refractivity contribution >= 4 is 11.6 Å². The molecule has 0 aromatic rings. The molecule has 0 radical (unpaired) electrons. The van der Waals surface area contributed by atoms with Crippen molar-refractivity contribution in [3.63, 3.8) is 0 Å². The molecule has 0 amide bonds. The molecule has 0 saturated carbocycles. The highest BCUT2D eigenvalue weighted by molar-refractivity contribution is 6.24. The Morgan fingerprint density at radius 1 is 1.00 bits per heavy atom. The van der Waals surface area contributed by atoms with Gasteiger partial charge in [-0.15, -0.1) is 0 Å². The third kappa shape index (κ3) is 2.00. The van der Waals surface area contributed by atoms with Crippen LogP contribution in [0.5, 0.6) is 0 Å². The fraction of sp³-hybridized carbons (Fsp3) is 0.538. The molecular formula is C13H18O3. The summed E-state index contributed by atoms with van der Waals surface area (Å²) in [6.45, 7) is 6.97. The lowest BCUT2D eigenvalue weighted by molar-refractivity contribution is -0.116. The average molecular weight is 222 g/mol. The maximum Gasteiger partial charge on any atom is 0.185 e. The van der Waals surface area contributed by atoms with E-state index in [1.807, 2.05) is 6.92 Å². The molecule has 0 aliphatic heterocycles. The lowest BCUT2D eigenvalue weighted by Crippen LogP contribution is -2.24. The maximum absolute atomic E-state index is 12.1. The first-order valence-electron chi connectivity index (χ1n) is 5.50. The van der Waals surface area contributed by atoms with Gasteiger partial charge in [0.25, 0.3) is 0 Å². The van der Waals surface area contributed by atoms with E-state index in [1.54, 1.807) is 20.8 Å². The van der Waals surface area contributed by atoms with Gasteiger partial charge < -0.3 is 5.11 Å². The number of hydrogen-bond donors (Lipinski definition) is 1. The highest BCUT2D eigenvalue weighted by Crippen LogP contribution is 2.29. The Balaban J connectivity index is 3.18. The summed E-state index contributed by atoms with van der Waals surface area (Å²) in [7, 11) is 0. The van der Waals surface area contributed by atoms with Crippen molar-refractivity contribution in [1.29, 1.82) is 0 Å². The number of Topliss-reactive ketones (excluding diaryl/α,β-unsaturated/α-hetero) is 2. The second kappa shape index (κ2) is 4.74.